The second-order valence-electron chi connectivity index (χ2n) is 6.85. The SMILES string of the molecule is CCNc1nc(-c2ccc(NC(=O)NCc3cccnc3)cc2)ccc1C(=O)NCCO. The van der Waals surface area contributed by atoms with E-state index in [9.17, 15) is 9.59 Å². The van der Waals surface area contributed by atoms with Crippen LogP contribution >= 0.6 is 0 Å². The van der Waals surface area contributed by atoms with Gasteiger partial charge in [-0.2, -0.15) is 0 Å². The zero-order valence-corrected chi connectivity index (χ0v) is 17.8. The standard InChI is InChI=1S/C23H26N6O3/c1-2-25-21-19(22(31)26-12-13-30)9-10-20(29-21)17-5-7-18(8-6-17)28-23(32)27-15-16-4-3-11-24-14-16/h3-11,14,30H,2,12-13,15H2,1H3,(H,25,29)(H,26,31)(H2,27,28,32). The minimum Gasteiger partial charge on any atom is -0.395 e. The van der Waals surface area contributed by atoms with Crippen molar-refractivity contribution >= 4 is 23.4 Å². The molecule has 3 aromatic rings. The molecule has 0 aliphatic rings. The highest BCUT2D eigenvalue weighted by Gasteiger charge is 2.14. The maximum absolute atomic E-state index is 12.3. The number of aliphatic hydroxyl groups excluding tert-OH is 1. The van der Waals surface area contributed by atoms with Crippen molar-refractivity contribution in [2.45, 2.75) is 13.5 Å². The maximum atomic E-state index is 12.3. The predicted molar refractivity (Wildman–Crippen MR) is 123 cm³/mol. The van der Waals surface area contributed by atoms with Crippen LogP contribution in [0.5, 0.6) is 0 Å². The molecule has 0 aliphatic carbocycles. The molecule has 166 valence electrons. The monoisotopic (exact) mass is 434 g/mol. The summed E-state index contributed by atoms with van der Waals surface area (Å²) in [5.74, 6) is 0.170. The lowest BCUT2D eigenvalue weighted by molar-refractivity contribution is 0.0945. The van der Waals surface area contributed by atoms with Crippen LogP contribution in [-0.2, 0) is 6.54 Å². The van der Waals surface area contributed by atoms with Gasteiger partial charge in [-0.25, -0.2) is 9.78 Å². The molecule has 0 spiro atoms. The van der Waals surface area contributed by atoms with Gasteiger partial charge in [0.1, 0.15) is 5.82 Å². The molecule has 0 saturated heterocycles. The third-order valence-electron chi connectivity index (χ3n) is 4.50. The number of carbonyl (C=O) groups excluding carboxylic acids is 2. The molecule has 2 heterocycles. The number of benzene rings is 1. The summed E-state index contributed by atoms with van der Waals surface area (Å²) in [7, 11) is 0. The molecule has 0 radical (unpaired) electrons. The van der Waals surface area contributed by atoms with Crippen molar-refractivity contribution in [2.24, 2.45) is 0 Å². The molecule has 5 N–H and O–H groups in total. The molecule has 0 atom stereocenters. The molecular weight excluding hydrogens is 408 g/mol. The number of aromatic nitrogens is 2. The van der Waals surface area contributed by atoms with Crippen LogP contribution in [0.25, 0.3) is 11.3 Å². The molecule has 0 saturated carbocycles. The molecule has 0 unspecified atom stereocenters. The van der Waals surface area contributed by atoms with Gasteiger partial charge in [-0.15, -0.1) is 0 Å². The number of rotatable bonds is 9. The molecule has 0 bridgehead atoms. The molecule has 0 aliphatic heterocycles. The van der Waals surface area contributed by atoms with Crippen molar-refractivity contribution in [3.63, 3.8) is 0 Å². The van der Waals surface area contributed by atoms with Crippen LogP contribution in [0, 0.1) is 0 Å². The number of urea groups is 1. The van der Waals surface area contributed by atoms with Crippen molar-refractivity contribution in [1.82, 2.24) is 20.6 Å². The number of hydrogen-bond acceptors (Lipinski definition) is 6. The first-order chi connectivity index (χ1) is 15.6. The molecule has 3 rings (SSSR count). The first-order valence-electron chi connectivity index (χ1n) is 10.3. The lowest BCUT2D eigenvalue weighted by atomic mass is 10.1. The van der Waals surface area contributed by atoms with Crippen LogP contribution in [0.3, 0.4) is 0 Å². The number of carbonyl (C=O) groups is 2. The topological polar surface area (TPSA) is 128 Å². The minimum atomic E-state index is -0.313. The van der Waals surface area contributed by atoms with Crippen molar-refractivity contribution in [2.75, 3.05) is 30.3 Å². The van der Waals surface area contributed by atoms with Crippen LogP contribution in [0.1, 0.15) is 22.8 Å². The van der Waals surface area contributed by atoms with Gasteiger partial charge in [0.05, 0.1) is 17.9 Å². The van der Waals surface area contributed by atoms with E-state index >= 15 is 0 Å². The second kappa shape index (κ2) is 11.4. The van der Waals surface area contributed by atoms with E-state index in [0.29, 0.717) is 35.9 Å². The summed E-state index contributed by atoms with van der Waals surface area (Å²) < 4.78 is 0. The smallest absolute Gasteiger partial charge is 0.319 e. The summed E-state index contributed by atoms with van der Waals surface area (Å²) in [6.45, 7) is 2.95. The van der Waals surface area contributed by atoms with Crippen LogP contribution < -0.4 is 21.3 Å². The summed E-state index contributed by atoms with van der Waals surface area (Å²) >= 11 is 0. The average molecular weight is 435 g/mol. The van der Waals surface area contributed by atoms with E-state index in [-0.39, 0.29) is 25.1 Å². The molecule has 9 heteroatoms. The van der Waals surface area contributed by atoms with E-state index in [2.05, 4.69) is 31.2 Å². The van der Waals surface area contributed by atoms with Gasteiger partial charge >= 0.3 is 6.03 Å². The quantitative estimate of drug-likeness (QED) is 0.352. The van der Waals surface area contributed by atoms with E-state index in [1.54, 1.807) is 36.7 Å². The van der Waals surface area contributed by atoms with Crippen LogP contribution in [0.4, 0.5) is 16.3 Å². The number of hydrogen-bond donors (Lipinski definition) is 5. The van der Waals surface area contributed by atoms with E-state index in [0.717, 1.165) is 11.1 Å². The molecular formula is C23H26N6O3. The van der Waals surface area contributed by atoms with E-state index < -0.39 is 0 Å². The van der Waals surface area contributed by atoms with Crippen molar-refractivity contribution in [3.8, 4) is 11.3 Å². The van der Waals surface area contributed by atoms with Crippen molar-refractivity contribution in [1.29, 1.82) is 0 Å². The largest absolute Gasteiger partial charge is 0.395 e. The Labute approximate surface area is 186 Å². The Morgan fingerprint density at radius 3 is 2.53 bits per heavy atom. The van der Waals surface area contributed by atoms with Gasteiger partial charge < -0.3 is 26.4 Å². The van der Waals surface area contributed by atoms with Crippen molar-refractivity contribution < 1.29 is 14.7 Å². The van der Waals surface area contributed by atoms with Crippen LogP contribution in [-0.4, -0.2) is 46.7 Å². The van der Waals surface area contributed by atoms with Gasteiger partial charge in [0.2, 0.25) is 0 Å². The average Bonchev–Trinajstić information content (AvgIpc) is 2.82. The number of nitrogens with zero attached hydrogens (tertiary/aromatic N) is 2. The zero-order chi connectivity index (χ0) is 22.8. The van der Waals surface area contributed by atoms with Gasteiger partial charge in [-0.05, 0) is 42.8 Å². The summed E-state index contributed by atoms with van der Waals surface area (Å²) in [4.78, 5) is 33.0. The number of nitrogens with one attached hydrogen (secondary N) is 4. The fourth-order valence-corrected chi connectivity index (χ4v) is 2.95. The summed E-state index contributed by atoms with van der Waals surface area (Å²) in [6, 6.07) is 14.1. The van der Waals surface area contributed by atoms with Gasteiger partial charge in [-0.1, -0.05) is 18.2 Å². The third kappa shape index (κ3) is 6.26. The Balaban J connectivity index is 1.66. The van der Waals surface area contributed by atoms with Gasteiger partial charge in [0.25, 0.3) is 5.91 Å². The summed E-state index contributed by atoms with van der Waals surface area (Å²) in [5.41, 5.74) is 3.49. The Morgan fingerprint density at radius 1 is 1.03 bits per heavy atom. The molecule has 1 aromatic carbocycles. The summed E-state index contributed by atoms with van der Waals surface area (Å²) in [5, 5.41) is 20.2. The van der Waals surface area contributed by atoms with Gasteiger partial charge in [0, 0.05) is 43.3 Å². The van der Waals surface area contributed by atoms with Crippen LogP contribution in [0.15, 0.2) is 60.9 Å². The molecule has 32 heavy (non-hydrogen) atoms. The minimum absolute atomic E-state index is 0.129. The normalized spacial score (nSPS) is 10.3. The van der Waals surface area contributed by atoms with Gasteiger partial charge in [-0.3, -0.25) is 9.78 Å². The number of aliphatic hydroxyl groups is 1. The van der Waals surface area contributed by atoms with E-state index in [1.165, 1.54) is 0 Å². The van der Waals surface area contributed by atoms with Crippen molar-refractivity contribution in [3.05, 3.63) is 72.1 Å². The third-order valence-corrected chi connectivity index (χ3v) is 4.50. The first kappa shape index (κ1) is 22.7. The molecule has 0 fully saturated rings. The Hall–Kier alpha value is -3.98. The van der Waals surface area contributed by atoms with Gasteiger partial charge in [0.15, 0.2) is 0 Å². The summed E-state index contributed by atoms with van der Waals surface area (Å²) in [6.07, 6.45) is 3.38. The van der Waals surface area contributed by atoms with E-state index in [1.807, 2.05) is 31.2 Å². The lowest BCUT2D eigenvalue weighted by Crippen LogP contribution is -2.28. The van der Waals surface area contributed by atoms with E-state index in [4.69, 9.17) is 5.11 Å². The highest BCUT2D eigenvalue weighted by molar-refractivity contribution is 5.99. The Morgan fingerprint density at radius 2 is 1.84 bits per heavy atom. The first-order valence-corrected chi connectivity index (χ1v) is 10.3. The van der Waals surface area contributed by atoms with Crippen LogP contribution in [0.2, 0.25) is 0 Å². The molecule has 9 nitrogen and oxygen atoms in total. The Bertz CT molecular complexity index is 1040. The fourth-order valence-electron chi connectivity index (χ4n) is 2.95. The number of anilines is 2. The highest BCUT2D eigenvalue weighted by atomic mass is 16.3. The zero-order valence-electron chi connectivity index (χ0n) is 17.8. The number of pyridine rings is 2. The highest BCUT2D eigenvalue weighted by Crippen LogP contribution is 2.23. The second-order valence-corrected chi connectivity index (χ2v) is 6.85. The fraction of sp³-hybridized carbons (Fsp3) is 0.217. The number of amides is 3. The molecule has 2 aromatic heterocycles. The maximum Gasteiger partial charge on any atom is 0.319 e. The lowest BCUT2D eigenvalue weighted by Gasteiger charge is -2.12. The Kier molecular flexibility index (Phi) is 8.10. The predicted octanol–water partition coefficient (Wildman–Crippen LogP) is 2.62. The molecule has 3 amide bonds.